The van der Waals surface area contributed by atoms with Gasteiger partial charge in [0.25, 0.3) is 0 Å². The largest absolute Gasteiger partial charge is 0.490 e. The third-order valence-electron chi connectivity index (χ3n) is 5.45. The van der Waals surface area contributed by atoms with Crippen molar-refractivity contribution in [3.63, 3.8) is 0 Å². The number of hydrogen-bond acceptors (Lipinski definition) is 5. The van der Waals surface area contributed by atoms with Crippen LogP contribution in [0.3, 0.4) is 0 Å². The normalized spacial score (nSPS) is 28.3. The molecule has 1 aromatic rings. The summed E-state index contributed by atoms with van der Waals surface area (Å²) in [5.74, 6) is 1.22. The third-order valence-corrected chi connectivity index (χ3v) is 5.45. The Hall–Kier alpha value is -1.66. The molecular weight excluding hydrogens is 320 g/mol. The number of nitrogens with zero attached hydrogens (tertiary/aromatic N) is 1. The lowest BCUT2D eigenvalue weighted by Gasteiger charge is -2.30. The summed E-state index contributed by atoms with van der Waals surface area (Å²) in [5.41, 5.74) is 4.44. The SMILES string of the molecule is CC(C)C[C@H](N)[C@](O)(Cc1cc(O[C@H]2CC3C[C@H]3C2)ccn1)C(=O)O. The van der Waals surface area contributed by atoms with Crippen molar-refractivity contribution in [2.24, 2.45) is 23.5 Å². The first-order chi connectivity index (χ1) is 11.8. The molecule has 2 saturated carbocycles. The van der Waals surface area contributed by atoms with E-state index >= 15 is 0 Å². The molecule has 1 unspecified atom stereocenters. The zero-order valence-corrected chi connectivity index (χ0v) is 14.9. The number of hydrogen-bond donors (Lipinski definition) is 3. The predicted molar refractivity (Wildman–Crippen MR) is 93.2 cm³/mol. The van der Waals surface area contributed by atoms with E-state index in [0.717, 1.165) is 24.7 Å². The van der Waals surface area contributed by atoms with E-state index in [-0.39, 0.29) is 18.4 Å². The van der Waals surface area contributed by atoms with Crippen molar-refractivity contribution in [1.82, 2.24) is 4.98 Å². The molecule has 138 valence electrons. The van der Waals surface area contributed by atoms with E-state index in [9.17, 15) is 15.0 Å². The summed E-state index contributed by atoms with van der Waals surface area (Å²) in [7, 11) is 0. The lowest BCUT2D eigenvalue weighted by molar-refractivity contribution is -0.161. The van der Waals surface area contributed by atoms with Gasteiger partial charge in [-0.05, 0) is 49.5 Å². The van der Waals surface area contributed by atoms with E-state index in [1.807, 2.05) is 13.8 Å². The van der Waals surface area contributed by atoms with Gasteiger partial charge in [-0.1, -0.05) is 13.8 Å². The molecule has 1 aromatic heterocycles. The number of ether oxygens (including phenoxy) is 1. The number of pyridine rings is 1. The van der Waals surface area contributed by atoms with Crippen LogP contribution in [0.2, 0.25) is 0 Å². The topological polar surface area (TPSA) is 106 Å². The molecule has 4 N–H and O–H groups in total. The molecular formula is C19H28N2O4. The molecule has 6 heteroatoms. The maximum absolute atomic E-state index is 11.7. The average molecular weight is 348 g/mol. The molecule has 3 rings (SSSR count). The smallest absolute Gasteiger partial charge is 0.337 e. The Bertz CT molecular complexity index is 626. The zero-order chi connectivity index (χ0) is 18.2. The first kappa shape index (κ1) is 18.1. The summed E-state index contributed by atoms with van der Waals surface area (Å²) in [6.45, 7) is 3.89. The van der Waals surface area contributed by atoms with Gasteiger partial charge in [0.1, 0.15) is 5.75 Å². The number of nitrogens with two attached hydrogens (primary N) is 1. The fourth-order valence-electron chi connectivity index (χ4n) is 3.92. The number of rotatable bonds is 8. The van der Waals surface area contributed by atoms with Crippen molar-refractivity contribution >= 4 is 5.97 Å². The van der Waals surface area contributed by atoms with Gasteiger partial charge in [0, 0.05) is 30.4 Å². The molecule has 25 heavy (non-hydrogen) atoms. The Labute approximate surface area is 148 Å². The molecule has 0 aliphatic heterocycles. The van der Waals surface area contributed by atoms with Gasteiger partial charge < -0.3 is 20.7 Å². The number of aliphatic carboxylic acids is 1. The number of carboxylic acids is 1. The summed E-state index contributed by atoms with van der Waals surface area (Å²) in [6.07, 6.45) is 5.65. The van der Waals surface area contributed by atoms with Gasteiger partial charge in [-0.25, -0.2) is 4.79 Å². The minimum Gasteiger partial charge on any atom is -0.490 e. The highest BCUT2D eigenvalue weighted by Crippen LogP contribution is 2.52. The lowest BCUT2D eigenvalue weighted by atomic mass is 9.84. The molecule has 0 radical (unpaired) electrons. The highest BCUT2D eigenvalue weighted by molar-refractivity contribution is 5.78. The van der Waals surface area contributed by atoms with Crippen LogP contribution in [-0.4, -0.2) is 38.9 Å². The fraction of sp³-hybridized carbons (Fsp3) is 0.684. The summed E-state index contributed by atoms with van der Waals surface area (Å²) in [4.78, 5) is 15.9. The van der Waals surface area contributed by atoms with Gasteiger partial charge in [0.2, 0.25) is 0 Å². The van der Waals surface area contributed by atoms with Crippen molar-refractivity contribution in [2.45, 2.75) is 63.7 Å². The predicted octanol–water partition coefficient (Wildman–Crippen LogP) is 1.99. The molecule has 0 spiro atoms. The van der Waals surface area contributed by atoms with E-state index in [4.69, 9.17) is 10.5 Å². The zero-order valence-electron chi connectivity index (χ0n) is 14.9. The Balaban J connectivity index is 1.69. The van der Waals surface area contributed by atoms with Gasteiger partial charge >= 0.3 is 5.97 Å². The molecule has 0 amide bonds. The van der Waals surface area contributed by atoms with Crippen LogP contribution >= 0.6 is 0 Å². The maximum Gasteiger partial charge on any atom is 0.337 e. The number of fused-ring (bicyclic) bond motifs is 1. The molecule has 5 atom stereocenters. The highest BCUT2D eigenvalue weighted by Gasteiger charge is 2.47. The van der Waals surface area contributed by atoms with Crippen LogP contribution in [-0.2, 0) is 11.2 Å². The van der Waals surface area contributed by atoms with Crippen molar-refractivity contribution < 1.29 is 19.7 Å². The minimum absolute atomic E-state index is 0.136. The van der Waals surface area contributed by atoms with Gasteiger partial charge in [-0.2, -0.15) is 0 Å². The molecule has 2 aliphatic carbocycles. The number of carboxylic acid groups (broad SMARTS) is 1. The highest BCUT2D eigenvalue weighted by atomic mass is 16.5. The monoisotopic (exact) mass is 348 g/mol. The van der Waals surface area contributed by atoms with Gasteiger partial charge in [-0.3, -0.25) is 4.98 Å². The van der Waals surface area contributed by atoms with Crippen LogP contribution < -0.4 is 10.5 Å². The Morgan fingerprint density at radius 1 is 1.40 bits per heavy atom. The van der Waals surface area contributed by atoms with Crippen LogP contribution in [0.4, 0.5) is 0 Å². The molecule has 0 bridgehead atoms. The van der Waals surface area contributed by atoms with Crippen LogP contribution in [0, 0.1) is 17.8 Å². The standard InChI is InChI=1S/C19H28N2O4/c1-11(2)5-17(20)19(24,18(22)23)10-14-9-15(3-4-21-14)25-16-7-12-6-13(12)8-16/h3-4,9,11-13,16-17,24H,5-8,10,20H2,1-2H3,(H,22,23)/t12-,13?,16+,17-,19+/m0/s1. The first-order valence-corrected chi connectivity index (χ1v) is 9.11. The van der Waals surface area contributed by atoms with Gasteiger partial charge in [-0.15, -0.1) is 0 Å². The Kier molecular flexibility index (Phi) is 5.02. The maximum atomic E-state index is 11.7. The summed E-state index contributed by atoms with van der Waals surface area (Å²) < 4.78 is 6.02. The minimum atomic E-state index is -2.04. The van der Waals surface area contributed by atoms with Crippen molar-refractivity contribution in [1.29, 1.82) is 0 Å². The second-order valence-corrected chi connectivity index (χ2v) is 8.09. The quantitative estimate of drug-likeness (QED) is 0.663. The second kappa shape index (κ2) is 6.92. The fourth-order valence-corrected chi connectivity index (χ4v) is 3.92. The van der Waals surface area contributed by atoms with Crippen molar-refractivity contribution in [3.8, 4) is 5.75 Å². The van der Waals surface area contributed by atoms with Gasteiger partial charge in [0.05, 0.1) is 6.10 Å². The summed E-state index contributed by atoms with van der Waals surface area (Å²) in [5, 5.41) is 20.2. The first-order valence-electron chi connectivity index (χ1n) is 9.11. The molecule has 0 saturated heterocycles. The molecule has 1 heterocycles. The van der Waals surface area contributed by atoms with E-state index < -0.39 is 17.6 Å². The van der Waals surface area contributed by atoms with E-state index in [1.54, 1.807) is 18.3 Å². The molecule has 2 aliphatic rings. The number of aromatic nitrogens is 1. The molecule has 0 aromatic carbocycles. The average Bonchev–Trinajstić information content (AvgIpc) is 3.13. The van der Waals surface area contributed by atoms with Crippen molar-refractivity contribution in [2.75, 3.05) is 0 Å². The van der Waals surface area contributed by atoms with Gasteiger partial charge in [0.15, 0.2) is 5.60 Å². The number of aliphatic hydroxyl groups is 1. The van der Waals surface area contributed by atoms with Crippen LogP contribution in [0.25, 0.3) is 0 Å². The van der Waals surface area contributed by atoms with Crippen molar-refractivity contribution in [3.05, 3.63) is 24.0 Å². The van der Waals surface area contributed by atoms with Crippen LogP contribution in [0.15, 0.2) is 18.3 Å². The van der Waals surface area contributed by atoms with E-state index in [2.05, 4.69) is 4.98 Å². The Morgan fingerprint density at radius 2 is 2.08 bits per heavy atom. The number of carbonyl (C=O) groups is 1. The summed E-state index contributed by atoms with van der Waals surface area (Å²) >= 11 is 0. The van der Waals surface area contributed by atoms with E-state index in [1.165, 1.54) is 6.42 Å². The van der Waals surface area contributed by atoms with E-state index in [0.29, 0.717) is 17.9 Å². The lowest BCUT2D eigenvalue weighted by Crippen LogP contribution is -2.56. The van der Waals surface area contributed by atoms with Crippen LogP contribution in [0.1, 0.15) is 45.2 Å². The third kappa shape index (κ3) is 4.12. The second-order valence-electron chi connectivity index (χ2n) is 8.09. The Morgan fingerprint density at radius 3 is 2.68 bits per heavy atom. The molecule has 2 fully saturated rings. The van der Waals surface area contributed by atoms with Crippen LogP contribution in [0.5, 0.6) is 5.75 Å². The molecule has 6 nitrogen and oxygen atoms in total. The summed E-state index contributed by atoms with van der Waals surface area (Å²) in [6, 6.07) is 2.64.